The number of nitrogens with two attached hydrogens (primary N) is 1. The van der Waals surface area contributed by atoms with E-state index in [2.05, 4.69) is 31.3 Å². The lowest BCUT2D eigenvalue weighted by atomic mass is 10.0. The maximum atomic E-state index is 5.44. The minimum Gasteiger partial charge on any atom is -0.495 e. The van der Waals surface area contributed by atoms with Crippen molar-refractivity contribution in [3.8, 4) is 5.75 Å². The van der Waals surface area contributed by atoms with Crippen LogP contribution >= 0.6 is 0 Å². The highest BCUT2D eigenvalue weighted by Gasteiger charge is 2.05. The Balaban J connectivity index is 2.88. The van der Waals surface area contributed by atoms with Gasteiger partial charge in [0.25, 0.3) is 0 Å². The van der Waals surface area contributed by atoms with E-state index < -0.39 is 0 Å². The van der Waals surface area contributed by atoms with Gasteiger partial charge in [-0.05, 0) is 23.6 Å². The number of rotatable bonds is 5. The summed E-state index contributed by atoms with van der Waals surface area (Å²) in [5.41, 5.74) is 7.73. The fourth-order valence-electron chi connectivity index (χ4n) is 1.42. The predicted molar refractivity (Wildman–Crippen MR) is 64.6 cm³/mol. The predicted octanol–water partition coefficient (Wildman–Crippen LogP) is 2.19. The van der Waals surface area contributed by atoms with E-state index in [0.717, 1.165) is 18.0 Å². The molecule has 3 N–H and O–H groups in total. The first-order chi connectivity index (χ1) is 7.19. The van der Waals surface area contributed by atoms with Crippen LogP contribution in [0, 0.1) is 0 Å². The Labute approximate surface area is 91.6 Å². The zero-order valence-electron chi connectivity index (χ0n) is 9.71. The van der Waals surface area contributed by atoms with Gasteiger partial charge in [-0.3, -0.25) is 0 Å². The number of ether oxygens (including phenoxy) is 1. The molecule has 0 saturated carbocycles. The van der Waals surface area contributed by atoms with Crippen LogP contribution in [0.2, 0.25) is 0 Å². The molecule has 0 saturated heterocycles. The van der Waals surface area contributed by atoms with Crippen molar-refractivity contribution in [2.75, 3.05) is 25.5 Å². The molecule has 0 unspecified atom stereocenters. The fraction of sp³-hybridized carbons (Fsp3) is 0.500. The van der Waals surface area contributed by atoms with Gasteiger partial charge in [0.15, 0.2) is 0 Å². The van der Waals surface area contributed by atoms with E-state index in [1.54, 1.807) is 7.11 Å². The molecule has 1 aromatic rings. The molecule has 3 nitrogen and oxygen atoms in total. The molecule has 3 heteroatoms. The molecule has 0 atom stereocenters. The van der Waals surface area contributed by atoms with E-state index in [0.29, 0.717) is 12.5 Å². The molecule has 0 aliphatic rings. The minimum absolute atomic E-state index is 0.516. The number of hydrogen-bond acceptors (Lipinski definition) is 3. The smallest absolute Gasteiger partial charge is 0.142 e. The third kappa shape index (κ3) is 3.13. The standard InChI is InChI=1S/C12H20N2O/c1-9(2)10-4-5-11(14-7-6-13)12(8-10)15-3/h4-5,8-9,14H,6-7,13H2,1-3H3. The molecule has 0 aliphatic carbocycles. The van der Waals surface area contributed by atoms with E-state index >= 15 is 0 Å². The Bertz CT molecular complexity index is 310. The molecule has 15 heavy (non-hydrogen) atoms. The van der Waals surface area contributed by atoms with Gasteiger partial charge < -0.3 is 15.8 Å². The lowest BCUT2D eigenvalue weighted by molar-refractivity contribution is 0.415. The summed E-state index contributed by atoms with van der Waals surface area (Å²) in [5.74, 6) is 1.40. The van der Waals surface area contributed by atoms with Gasteiger partial charge in [0.05, 0.1) is 12.8 Å². The highest BCUT2D eigenvalue weighted by molar-refractivity contribution is 5.58. The number of benzene rings is 1. The average Bonchev–Trinajstić information content (AvgIpc) is 2.25. The lowest BCUT2D eigenvalue weighted by Gasteiger charge is -2.13. The van der Waals surface area contributed by atoms with Gasteiger partial charge in [-0.2, -0.15) is 0 Å². The van der Waals surface area contributed by atoms with Crippen molar-refractivity contribution < 1.29 is 4.74 Å². The largest absolute Gasteiger partial charge is 0.495 e. The molecule has 0 spiro atoms. The normalized spacial score (nSPS) is 10.5. The minimum atomic E-state index is 0.516. The molecule has 0 fully saturated rings. The van der Waals surface area contributed by atoms with Crippen molar-refractivity contribution in [2.24, 2.45) is 5.73 Å². The van der Waals surface area contributed by atoms with Crippen molar-refractivity contribution in [3.05, 3.63) is 23.8 Å². The first-order valence-electron chi connectivity index (χ1n) is 5.31. The zero-order chi connectivity index (χ0) is 11.3. The van der Waals surface area contributed by atoms with Crippen LogP contribution in [0.5, 0.6) is 5.75 Å². The van der Waals surface area contributed by atoms with Crippen molar-refractivity contribution in [2.45, 2.75) is 19.8 Å². The number of hydrogen-bond donors (Lipinski definition) is 2. The monoisotopic (exact) mass is 208 g/mol. The highest BCUT2D eigenvalue weighted by Crippen LogP contribution is 2.28. The second-order valence-corrected chi connectivity index (χ2v) is 3.83. The quantitative estimate of drug-likeness (QED) is 0.779. The molecule has 0 bridgehead atoms. The van der Waals surface area contributed by atoms with Crippen LogP contribution in [-0.2, 0) is 0 Å². The third-order valence-corrected chi connectivity index (χ3v) is 2.35. The molecule has 0 amide bonds. The van der Waals surface area contributed by atoms with Gasteiger partial charge in [-0.1, -0.05) is 19.9 Å². The van der Waals surface area contributed by atoms with Gasteiger partial charge in [0.2, 0.25) is 0 Å². The number of methoxy groups -OCH3 is 1. The Morgan fingerprint density at radius 3 is 2.67 bits per heavy atom. The van der Waals surface area contributed by atoms with Crippen LogP contribution in [0.25, 0.3) is 0 Å². The zero-order valence-corrected chi connectivity index (χ0v) is 9.71. The summed E-state index contributed by atoms with van der Waals surface area (Å²) in [6, 6.07) is 6.24. The summed E-state index contributed by atoms with van der Waals surface area (Å²) >= 11 is 0. The number of nitrogens with one attached hydrogen (secondary N) is 1. The first kappa shape index (κ1) is 11.9. The van der Waals surface area contributed by atoms with Crippen LogP contribution in [0.4, 0.5) is 5.69 Å². The van der Waals surface area contributed by atoms with Gasteiger partial charge >= 0.3 is 0 Å². The Morgan fingerprint density at radius 1 is 1.40 bits per heavy atom. The van der Waals surface area contributed by atoms with Crippen LogP contribution in [0.15, 0.2) is 18.2 Å². The van der Waals surface area contributed by atoms with E-state index in [-0.39, 0.29) is 0 Å². The van der Waals surface area contributed by atoms with Gasteiger partial charge in [-0.25, -0.2) is 0 Å². The summed E-state index contributed by atoms with van der Waals surface area (Å²) in [4.78, 5) is 0. The molecular weight excluding hydrogens is 188 g/mol. The lowest BCUT2D eigenvalue weighted by Crippen LogP contribution is -2.13. The molecule has 84 valence electrons. The van der Waals surface area contributed by atoms with Crippen molar-refractivity contribution >= 4 is 5.69 Å². The molecule has 1 aromatic carbocycles. The van der Waals surface area contributed by atoms with E-state index in [9.17, 15) is 0 Å². The summed E-state index contributed by atoms with van der Waals surface area (Å²) in [6.45, 7) is 5.72. The fourth-order valence-corrected chi connectivity index (χ4v) is 1.42. The third-order valence-electron chi connectivity index (χ3n) is 2.35. The maximum Gasteiger partial charge on any atom is 0.142 e. The highest BCUT2D eigenvalue weighted by atomic mass is 16.5. The van der Waals surface area contributed by atoms with E-state index in [4.69, 9.17) is 10.5 Å². The summed E-state index contributed by atoms with van der Waals surface area (Å²) in [7, 11) is 1.69. The molecule has 1 rings (SSSR count). The first-order valence-corrected chi connectivity index (χ1v) is 5.31. The molecule has 0 radical (unpaired) electrons. The molecule has 0 heterocycles. The number of anilines is 1. The van der Waals surface area contributed by atoms with Crippen LogP contribution in [-0.4, -0.2) is 20.2 Å². The Morgan fingerprint density at radius 2 is 2.13 bits per heavy atom. The molecule has 0 aromatic heterocycles. The molecule has 0 aliphatic heterocycles. The van der Waals surface area contributed by atoms with E-state index in [1.165, 1.54) is 5.56 Å². The summed E-state index contributed by atoms with van der Waals surface area (Å²) in [6.07, 6.45) is 0. The summed E-state index contributed by atoms with van der Waals surface area (Å²) in [5, 5.41) is 3.23. The van der Waals surface area contributed by atoms with Crippen LogP contribution < -0.4 is 15.8 Å². The topological polar surface area (TPSA) is 47.3 Å². The van der Waals surface area contributed by atoms with Gasteiger partial charge in [0.1, 0.15) is 5.75 Å². The van der Waals surface area contributed by atoms with Crippen molar-refractivity contribution in [1.82, 2.24) is 0 Å². The SMILES string of the molecule is COc1cc(C(C)C)ccc1NCCN. The van der Waals surface area contributed by atoms with Gasteiger partial charge in [0, 0.05) is 13.1 Å². The maximum absolute atomic E-state index is 5.44. The second-order valence-electron chi connectivity index (χ2n) is 3.83. The average molecular weight is 208 g/mol. The van der Waals surface area contributed by atoms with Crippen molar-refractivity contribution in [3.63, 3.8) is 0 Å². The van der Waals surface area contributed by atoms with Crippen LogP contribution in [0.1, 0.15) is 25.3 Å². The Hall–Kier alpha value is -1.22. The van der Waals surface area contributed by atoms with Crippen LogP contribution in [0.3, 0.4) is 0 Å². The van der Waals surface area contributed by atoms with E-state index in [1.807, 2.05) is 6.07 Å². The second kappa shape index (κ2) is 5.61. The van der Waals surface area contributed by atoms with Crippen molar-refractivity contribution in [1.29, 1.82) is 0 Å². The Kier molecular flexibility index (Phi) is 4.43. The summed E-state index contributed by atoms with van der Waals surface area (Å²) < 4.78 is 5.33. The van der Waals surface area contributed by atoms with Gasteiger partial charge in [-0.15, -0.1) is 0 Å². The molecular formula is C12H20N2O.